The topological polar surface area (TPSA) is 94.2 Å². The van der Waals surface area contributed by atoms with Crippen molar-refractivity contribution in [3.63, 3.8) is 0 Å². The second-order valence-corrected chi connectivity index (χ2v) is 12.0. The molecule has 0 spiro atoms. The predicted molar refractivity (Wildman–Crippen MR) is 188 cm³/mol. The van der Waals surface area contributed by atoms with E-state index in [1.807, 2.05) is 91.5 Å². The Morgan fingerprint density at radius 1 is 0.851 bits per heavy atom. The molecule has 1 fully saturated rings. The highest BCUT2D eigenvalue weighted by atomic mass is 16.5. The van der Waals surface area contributed by atoms with Crippen LogP contribution in [0.5, 0.6) is 5.75 Å². The fourth-order valence-corrected chi connectivity index (χ4v) is 5.52. The van der Waals surface area contributed by atoms with Crippen LogP contribution in [0, 0.1) is 13.8 Å². The molecule has 1 heterocycles. The Bertz CT molecular complexity index is 1710. The van der Waals surface area contributed by atoms with Crippen LogP contribution in [0.2, 0.25) is 0 Å². The molecule has 9 heteroatoms. The molecule has 4 amide bonds. The molecular formula is C38H43N5O4. The molecule has 0 atom stereocenters. The Balaban J connectivity index is 1.18. The van der Waals surface area contributed by atoms with Crippen molar-refractivity contribution in [2.45, 2.75) is 20.3 Å². The maximum absolute atomic E-state index is 13.6. The van der Waals surface area contributed by atoms with Crippen LogP contribution < -0.4 is 20.3 Å². The number of piperazine rings is 1. The van der Waals surface area contributed by atoms with Crippen LogP contribution in [0.25, 0.3) is 11.1 Å². The van der Waals surface area contributed by atoms with E-state index in [-0.39, 0.29) is 17.8 Å². The van der Waals surface area contributed by atoms with Crippen molar-refractivity contribution < 1.29 is 19.1 Å². The number of nitrogens with zero attached hydrogens (tertiary/aromatic N) is 3. The highest BCUT2D eigenvalue weighted by molar-refractivity contribution is 6.10. The average Bonchev–Trinajstić information content (AvgIpc) is 3.09. The van der Waals surface area contributed by atoms with Gasteiger partial charge in [-0.05, 0) is 80.4 Å². The van der Waals surface area contributed by atoms with Crippen molar-refractivity contribution >= 4 is 29.2 Å². The molecule has 4 aromatic rings. The zero-order valence-electron chi connectivity index (χ0n) is 27.6. The van der Waals surface area contributed by atoms with Gasteiger partial charge in [0.1, 0.15) is 5.75 Å². The molecule has 0 aromatic heterocycles. The van der Waals surface area contributed by atoms with E-state index >= 15 is 0 Å². The van der Waals surface area contributed by atoms with E-state index in [2.05, 4.69) is 22.6 Å². The van der Waals surface area contributed by atoms with Gasteiger partial charge in [-0.3, -0.25) is 9.59 Å². The lowest BCUT2D eigenvalue weighted by Crippen LogP contribution is -2.50. The number of ether oxygens (including phenoxy) is 1. The number of rotatable bonds is 10. The molecule has 4 aromatic carbocycles. The number of likely N-dealkylation sites (N-methyl/N-ethyl adjacent to an activating group) is 1. The van der Waals surface area contributed by atoms with Crippen molar-refractivity contribution in [1.82, 2.24) is 15.1 Å². The molecule has 47 heavy (non-hydrogen) atoms. The molecule has 5 rings (SSSR count). The summed E-state index contributed by atoms with van der Waals surface area (Å²) in [5.41, 5.74) is 6.09. The largest absolute Gasteiger partial charge is 0.491 e. The molecule has 1 aliphatic heterocycles. The van der Waals surface area contributed by atoms with E-state index in [4.69, 9.17) is 4.74 Å². The molecule has 9 nitrogen and oxygen atoms in total. The van der Waals surface area contributed by atoms with E-state index in [1.54, 1.807) is 30.1 Å². The first kappa shape index (κ1) is 33.2. The van der Waals surface area contributed by atoms with Crippen LogP contribution >= 0.6 is 0 Å². The van der Waals surface area contributed by atoms with Crippen LogP contribution in [0.3, 0.4) is 0 Å². The highest BCUT2D eigenvalue weighted by Gasteiger charge is 2.20. The molecule has 2 N–H and O–H groups in total. The summed E-state index contributed by atoms with van der Waals surface area (Å²) in [6.45, 7) is 8.01. The number of carbonyl (C=O) groups excluding carboxylic acids is 3. The van der Waals surface area contributed by atoms with Gasteiger partial charge in [0, 0.05) is 56.6 Å². The smallest absolute Gasteiger partial charge is 0.317 e. The number of urea groups is 1. The van der Waals surface area contributed by atoms with Crippen molar-refractivity contribution in [3.8, 4) is 16.9 Å². The molecule has 0 bridgehead atoms. The number of hydrogen-bond donors (Lipinski definition) is 2. The maximum atomic E-state index is 13.6. The number of anilines is 2. The lowest BCUT2D eigenvalue weighted by molar-refractivity contribution is 0.0990. The molecule has 1 saturated heterocycles. The summed E-state index contributed by atoms with van der Waals surface area (Å²) in [5, 5.41) is 6.00. The number of benzene rings is 4. The molecule has 0 saturated carbocycles. The van der Waals surface area contributed by atoms with E-state index in [9.17, 15) is 14.4 Å². The summed E-state index contributed by atoms with van der Waals surface area (Å²) in [7, 11) is 3.77. The monoisotopic (exact) mass is 633 g/mol. The minimum atomic E-state index is -0.217. The molecule has 244 valence electrons. The first-order valence-corrected chi connectivity index (χ1v) is 16.0. The SMILES string of the molecule is Cc1ccc(-c2ccccc2C(=O)Nc2ccc(C(=O)N(C)c3ccccc3OCCCNC(=O)N3CCN(C)CC3)cc2C)cc1. The van der Waals surface area contributed by atoms with Crippen LogP contribution in [0.15, 0.2) is 91.0 Å². The second kappa shape index (κ2) is 15.4. The van der Waals surface area contributed by atoms with Gasteiger partial charge >= 0.3 is 6.03 Å². The highest BCUT2D eigenvalue weighted by Crippen LogP contribution is 2.30. The number of para-hydroxylation sites is 2. The Morgan fingerprint density at radius 3 is 2.30 bits per heavy atom. The van der Waals surface area contributed by atoms with E-state index in [0.717, 1.165) is 48.4 Å². The normalized spacial score (nSPS) is 13.1. The first-order chi connectivity index (χ1) is 22.7. The number of nitrogens with one attached hydrogen (secondary N) is 2. The Kier molecular flexibility index (Phi) is 10.9. The van der Waals surface area contributed by atoms with Gasteiger partial charge in [-0.2, -0.15) is 0 Å². The fraction of sp³-hybridized carbons (Fsp3) is 0.289. The second-order valence-electron chi connectivity index (χ2n) is 12.0. The summed E-state index contributed by atoms with van der Waals surface area (Å²) in [6, 6.07) is 28.3. The van der Waals surface area contributed by atoms with Gasteiger partial charge in [-0.15, -0.1) is 0 Å². The van der Waals surface area contributed by atoms with Gasteiger partial charge in [-0.25, -0.2) is 4.79 Å². The van der Waals surface area contributed by atoms with Gasteiger partial charge in [0.05, 0.1) is 12.3 Å². The van der Waals surface area contributed by atoms with Crippen molar-refractivity contribution in [3.05, 3.63) is 113 Å². The van der Waals surface area contributed by atoms with Crippen molar-refractivity contribution in [2.75, 3.05) is 63.6 Å². The van der Waals surface area contributed by atoms with Gasteiger partial charge in [-0.1, -0.05) is 60.2 Å². The van der Waals surface area contributed by atoms with Gasteiger partial charge in [0.15, 0.2) is 0 Å². The first-order valence-electron chi connectivity index (χ1n) is 16.0. The summed E-state index contributed by atoms with van der Waals surface area (Å²) < 4.78 is 6.05. The van der Waals surface area contributed by atoms with Gasteiger partial charge in [0.25, 0.3) is 11.8 Å². The van der Waals surface area contributed by atoms with Gasteiger partial charge in [0.2, 0.25) is 0 Å². The Morgan fingerprint density at radius 2 is 1.55 bits per heavy atom. The van der Waals surface area contributed by atoms with Gasteiger partial charge < -0.3 is 30.1 Å². The number of amides is 4. The molecule has 1 aliphatic rings. The average molecular weight is 634 g/mol. The molecule has 0 unspecified atom stereocenters. The quantitative estimate of drug-likeness (QED) is 0.202. The van der Waals surface area contributed by atoms with E-state index in [0.29, 0.717) is 47.8 Å². The Hall–Kier alpha value is -5.15. The zero-order chi connectivity index (χ0) is 33.3. The summed E-state index contributed by atoms with van der Waals surface area (Å²) in [6.07, 6.45) is 0.632. The van der Waals surface area contributed by atoms with Crippen LogP contribution in [-0.2, 0) is 0 Å². The third-order valence-electron chi connectivity index (χ3n) is 8.43. The maximum Gasteiger partial charge on any atom is 0.317 e. The van der Waals surface area contributed by atoms with E-state index < -0.39 is 0 Å². The third-order valence-corrected chi connectivity index (χ3v) is 8.43. The molecule has 0 radical (unpaired) electrons. The standard InChI is InChI=1S/C38H43N5O4/c1-27-14-16-29(17-15-27)31-10-5-6-11-32(31)36(44)40-33-19-18-30(26-28(33)2)37(45)42(4)34-12-7-8-13-35(34)47-25-9-20-39-38(46)43-23-21-41(3)22-24-43/h5-8,10-19,26H,9,20-25H2,1-4H3,(H,39,46)(H,40,44). The van der Waals surface area contributed by atoms with Crippen LogP contribution in [0.1, 0.15) is 38.3 Å². The van der Waals surface area contributed by atoms with E-state index in [1.165, 1.54) is 0 Å². The number of carbonyl (C=O) groups is 3. The number of hydrogen-bond acceptors (Lipinski definition) is 5. The minimum absolute atomic E-state index is 0.0447. The minimum Gasteiger partial charge on any atom is -0.491 e. The zero-order valence-corrected chi connectivity index (χ0v) is 27.6. The van der Waals surface area contributed by atoms with Crippen molar-refractivity contribution in [2.24, 2.45) is 0 Å². The van der Waals surface area contributed by atoms with Crippen LogP contribution in [-0.4, -0.2) is 81.1 Å². The lowest BCUT2D eigenvalue weighted by atomic mass is 9.98. The summed E-state index contributed by atoms with van der Waals surface area (Å²) in [4.78, 5) is 45.0. The summed E-state index contributed by atoms with van der Waals surface area (Å²) in [5.74, 6) is 0.165. The van der Waals surface area contributed by atoms with Crippen LogP contribution in [0.4, 0.5) is 16.2 Å². The Labute approximate surface area is 277 Å². The third kappa shape index (κ3) is 8.37. The predicted octanol–water partition coefficient (Wildman–Crippen LogP) is 6.23. The van der Waals surface area contributed by atoms with Crippen molar-refractivity contribution in [1.29, 1.82) is 0 Å². The number of aryl methyl sites for hydroxylation is 2. The fourth-order valence-electron chi connectivity index (χ4n) is 5.52. The molecular weight excluding hydrogens is 590 g/mol. The summed E-state index contributed by atoms with van der Waals surface area (Å²) >= 11 is 0. The molecule has 0 aliphatic carbocycles. The lowest BCUT2D eigenvalue weighted by Gasteiger charge is -2.32.